The second kappa shape index (κ2) is 7.40. The lowest BCUT2D eigenvalue weighted by molar-refractivity contribution is -0.137. The maximum Gasteiger partial charge on any atom is 0.303 e. The number of hydrogen-bond acceptors (Lipinski definition) is 4. The summed E-state index contributed by atoms with van der Waals surface area (Å²) < 4.78 is 5.02. The summed E-state index contributed by atoms with van der Waals surface area (Å²) in [6.45, 7) is 1.66. The molecule has 0 bridgehead atoms. The number of oxazole rings is 1. The van der Waals surface area contributed by atoms with Crippen molar-refractivity contribution in [2.24, 2.45) is 0 Å². The van der Waals surface area contributed by atoms with Crippen molar-refractivity contribution in [1.82, 2.24) is 10.3 Å². The van der Waals surface area contributed by atoms with Crippen molar-refractivity contribution in [1.29, 1.82) is 0 Å². The molecule has 1 aromatic carbocycles. The van der Waals surface area contributed by atoms with Gasteiger partial charge in [-0.3, -0.25) is 9.59 Å². The Hall–Kier alpha value is -2.63. The van der Waals surface area contributed by atoms with Gasteiger partial charge in [-0.15, -0.1) is 0 Å². The molecule has 0 aliphatic carbocycles. The molecule has 0 saturated heterocycles. The number of benzene rings is 1. The molecule has 0 aliphatic rings. The fourth-order valence-corrected chi connectivity index (χ4v) is 2.20. The second-order valence-electron chi connectivity index (χ2n) is 5.05. The van der Waals surface area contributed by atoms with Gasteiger partial charge in [-0.1, -0.05) is 30.3 Å². The van der Waals surface area contributed by atoms with Gasteiger partial charge in [-0.2, -0.15) is 0 Å². The first-order chi connectivity index (χ1) is 10.6. The first-order valence-corrected chi connectivity index (χ1v) is 7.03. The summed E-state index contributed by atoms with van der Waals surface area (Å²) in [6, 6.07) is 9.35. The number of aryl methyl sites for hydroxylation is 1. The monoisotopic (exact) mass is 302 g/mol. The van der Waals surface area contributed by atoms with Crippen LogP contribution in [0.25, 0.3) is 0 Å². The lowest BCUT2D eigenvalue weighted by atomic mass is 10.0. The van der Waals surface area contributed by atoms with Gasteiger partial charge in [0, 0.05) is 12.5 Å². The van der Waals surface area contributed by atoms with E-state index in [2.05, 4.69) is 10.3 Å². The quantitative estimate of drug-likeness (QED) is 0.818. The van der Waals surface area contributed by atoms with E-state index in [9.17, 15) is 9.59 Å². The molecule has 0 radical (unpaired) electrons. The Morgan fingerprint density at radius 1 is 1.32 bits per heavy atom. The SMILES string of the molecule is Cc1ocnc1C(=O)NC(CCC(=O)O)Cc1ccccc1. The van der Waals surface area contributed by atoms with Crippen molar-refractivity contribution in [2.75, 3.05) is 0 Å². The molecule has 1 atom stereocenters. The first kappa shape index (κ1) is 15.8. The van der Waals surface area contributed by atoms with Crippen molar-refractivity contribution in [3.8, 4) is 0 Å². The normalized spacial score (nSPS) is 11.9. The standard InChI is InChI=1S/C16H18N2O4/c1-11-15(17-10-22-11)16(21)18-13(7-8-14(19)20)9-12-5-3-2-4-6-12/h2-6,10,13H,7-9H2,1H3,(H,18,21)(H,19,20). The Morgan fingerprint density at radius 2 is 2.05 bits per heavy atom. The number of nitrogens with one attached hydrogen (secondary N) is 1. The van der Waals surface area contributed by atoms with Crippen LogP contribution in [-0.4, -0.2) is 28.0 Å². The number of aliphatic carboxylic acids is 1. The Bertz CT molecular complexity index is 637. The van der Waals surface area contributed by atoms with Crippen LogP contribution in [0.5, 0.6) is 0 Å². The third-order valence-corrected chi connectivity index (χ3v) is 3.33. The number of carbonyl (C=O) groups excluding carboxylic acids is 1. The minimum atomic E-state index is -0.884. The molecule has 1 aromatic heterocycles. The summed E-state index contributed by atoms with van der Waals surface area (Å²) in [4.78, 5) is 26.9. The van der Waals surface area contributed by atoms with E-state index in [0.717, 1.165) is 5.56 Å². The highest BCUT2D eigenvalue weighted by Crippen LogP contribution is 2.10. The number of amides is 1. The van der Waals surface area contributed by atoms with Crippen LogP contribution in [0.4, 0.5) is 0 Å². The third-order valence-electron chi connectivity index (χ3n) is 3.33. The lowest BCUT2D eigenvalue weighted by Crippen LogP contribution is -2.37. The Labute approximate surface area is 128 Å². The number of carboxylic acid groups (broad SMARTS) is 1. The Balaban J connectivity index is 2.05. The number of carbonyl (C=O) groups is 2. The van der Waals surface area contributed by atoms with Crippen molar-refractivity contribution in [3.63, 3.8) is 0 Å². The molecule has 22 heavy (non-hydrogen) atoms. The minimum absolute atomic E-state index is 0.00439. The molecular formula is C16H18N2O4. The van der Waals surface area contributed by atoms with Gasteiger partial charge in [-0.25, -0.2) is 4.98 Å². The van der Waals surface area contributed by atoms with Crippen LogP contribution in [0.3, 0.4) is 0 Å². The molecule has 0 fully saturated rings. The summed E-state index contributed by atoms with van der Waals surface area (Å²) in [5.74, 6) is -0.795. The summed E-state index contributed by atoms with van der Waals surface area (Å²) in [7, 11) is 0. The van der Waals surface area contributed by atoms with Crippen molar-refractivity contribution in [2.45, 2.75) is 32.2 Å². The summed E-state index contributed by atoms with van der Waals surface area (Å²) in [5.41, 5.74) is 1.27. The molecule has 1 unspecified atom stereocenters. The molecule has 0 spiro atoms. The maximum absolute atomic E-state index is 12.2. The molecule has 2 N–H and O–H groups in total. The topological polar surface area (TPSA) is 92.4 Å². The Morgan fingerprint density at radius 3 is 2.64 bits per heavy atom. The van der Waals surface area contributed by atoms with Crippen LogP contribution in [0.2, 0.25) is 0 Å². The number of rotatable bonds is 7. The number of hydrogen-bond donors (Lipinski definition) is 2. The van der Waals surface area contributed by atoms with Gasteiger partial charge in [0.05, 0.1) is 0 Å². The van der Waals surface area contributed by atoms with E-state index >= 15 is 0 Å². The lowest BCUT2D eigenvalue weighted by Gasteiger charge is -2.17. The van der Waals surface area contributed by atoms with Crippen LogP contribution in [0, 0.1) is 6.92 Å². The third kappa shape index (κ3) is 4.44. The van der Waals surface area contributed by atoms with Crippen LogP contribution >= 0.6 is 0 Å². The first-order valence-electron chi connectivity index (χ1n) is 7.03. The van der Waals surface area contributed by atoms with Gasteiger partial charge >= 0.3 is 5.97 Å². The highest BCUT2D eigenvalue weighted by Gasteiger charge is 2.19. The van der Waals surface area contributed by atoms with Crippen molar-refractivity contribution >= 4 is 11.9 Å². The second-order valence-corrected chi connectivity index (χ2v) is 5.05. The zero-order valence-electron chi connectivity index (χ0n) is 12.3. The molecule has 1 amide bonds. The van der Waals surface area contributed by atoms with E-state index in [4.69, 9.17) is 9.52 Å². The summed E-state index contributed by atoms with van der Waals surface area (Å²) >= 11 is 0. The van der Waals surface area contributed by atoms with Gasteiger partial charge in [0.2, 0.25) is 0 Å². The summed E-state index contributed by atoms with van der Waals surface area (Å²) in [5, 5.41) is 11.7. The molecule has 6 nitrogen and oxygen atoms in total. The molecule has 116 valence electrons. The largest absolute Gasteiger partial charge is 0.481 e. The molecule has 2 aromatic rings. The number of carboxylic acids is 1. The zero-order valence-corrected chi connectivity index (χ0v) is 12.3. The van der Waals surface area contributed by atoms with Crippen molar-refractivity contribution in [3.05, 3.63) is 53.7 Å². The molecular weight excluding hydrogens is 284 g/mol. The minimum Gasteiger partial charge on any atom is -0.481 e. The van der Waals surface area contributed by atoms with E-state index < -0.39 is 5.97 Å². The van der Waals surface area contributed by atoms with Crippen LogP contribution in [0.15, 0.2) is 41.1 Å². The van der Waals surface area contributed by atoms with Gasteiger partial charge in [0.1, 0.15) is 5.76 Å². The average molecular weight is 302 g/mol. The van der Waals surface area contributed by atoms with Crippen LogP contribution in [0.1, 0.15) is 34.7 Å². The average Bonchev–Trinajstić information content (AvgIpc) is 2.92. The molecule has 2 rings (SSSR count). The predicted molar refractivity (Wildman–Crippen MR) is 79.5 cm³/mol. The maximum atomic E-state index is 12.2. The van der Waals surface area contributed by atoms with E-state index in [0.29, 0.717) is 18.6 Å². The molecule has 0 saturated carbocycles. The van der Waals surface area contributed by atoms with Crippen molar-refractivity contribution < 1.29 is 19.1 Å². The smallest absolute Gasteiger partial charge is 0.303 e. The molecule has 0 aliphatic heterocycles. The number of nitrogens with zero attached hydrogens (tertiary/aromatic N) is 1. The summed E-state index contributed by atoms with van der Waals surface area (Å²) in [6.07, 6.45) is 2.13. The highest BCUT2D eigenvalue weighted by atomic mass is 16.4. The fraction of sp³-hybridized carbons (Fsp3) is 0.312. The van der Waals surface area contributed by atoms with Gasteiger partial charge in [0.15, 0.2) is 12.1 Å². The Kier molecular flexibility index (Phi) is 5.30. The fourth-order valence-electron chi connectivity index (χ4n) is 2.20. The molecule has 6 heteroatoms. The number of aromatic nitrogens is 1. The van der Waals surface area contributed by atoms with Crippen LogP contribution < -0.4 is 5.32 Å². The van der Waals surface area contributed by atoms with E-state index in [-0.39, 0.29) is 24.1 Å². The van der Waals surface area contributed by atoms with Gasteiger partial charge < -0.3 is 14.8 Å². The van der Waals surface area contributed by atoms with E-state index in [1.165, 1.54) is 6.39 Å². The van der Waals surface area contributed by atoms with E-state index in [1.54, 1.807) is 6.92 Å². The molecule has 1 heterocycles. The van der Waals surface area contributed by atoms with Crippen LogP contribution in [-0.2, 0) is 11.2 Å². The zero-order chi connectivity index (χ0) is 15.9. The van der Waals surface area contributed by atoms with Gasteiger partial charge in [-0.05, 0) is 25.3 Å². The predicted octanol–water partition coefficient (Wildman–Crippen LogP) is 2.19. The highest BCUT2D eigenvalue weighted by molar-refractivity contribution is 5.93. The van der Waals surface area contributed by atoms with E-state index in [1.807, 2.05) is 30.3 Å². The van der Waals surface area contributed by atoms with Gasteiger partial charge in [0.25, 0.3) is 5.91 Å².